The van der Waals surface area contributed by atoms with Gasteiger partial charge in [0, 0.05) is 10.6 Å². The van der Waals surface area contributed by atoms with Crippen LogP contribution in [0.4, 0.5) is 5.82 Å². The van der Waals surface area contributed by atoms with Gasteiger partial charge in [0.2, 0.25) is 0 Å². The lowest BCUT2D eigenvalue weighted by Gasteiger charge is -2.10. The van der Waals surface area contributed by atoms with Gasteiger partial charge in [-0.3, -0.25) is 4.79 Å². The van der Waals surface area contributed by atoms with Gasteiger partial charge in [0.15, 0.2) is 16.7 Å². The minimum absolute atomic E-state index is 0.134. The summed E-state index contributed by atoms with van der Waals surface area (Å²) in [5, 5.41) is 3.77. The quantitative estimate of drug-likeness (QED) is 0.453. The Labute approximate surface area is 171 Å². The minimum atomic E-state index is -0.576. The van der Waals surface area contributed by atoms with E-state index in [4.69, 9.17) is 20.8 Å². The fourth-order valence-corrected chi connectivity index (χ4v) is 3.25. The molecule has 2 heterocycles. The Kier molecular flexibility index (Phi) is 6.43. The number of esters is 1. The van der Waals surface area contributed by atoms with Gasteiger partial charge in [-0.25, -0.2) is 9.78 Å². The molecule has 2 aromatic heterocycles. The first-order valence-corrected chi connectivity index (χ1v) is 10.0. The molecule has 1 N–H and O–H groups in total. The number of carbonyl (C=O) groups is 2. The van der Waals surface area contributed by atoms with Crippen molar-refractivity contribution in [3.63, 3.8) is 0 Å². The molecule has 0 bridgehead atoms. The van der Waals surface area contributed by atoms with Gasteiger partial charge < -0.3 is 19.0 Å². The normalized spacial score (nSPS) is 10.7. The lowest BCUT2D eigenvalue weighted by Crippen LogP contribution is -2.18. The van der Waals surface area contributed by atoms with Crippen molar-refractivity contribution in [2.24, 2.45) is 0 Å². The Morgan fingerprint density at radius 2 is 2.04 bits per heavy atom. The molecule has 9 heteroatoms. The SMILES string of the molecule is CCOC(=O)c1c(NC(=O)c2ccc(Cl)cc2)nc(SC)n1Cc1ccco1. The molecule has 0 radical (unpaired) electrons. The molecule has 28 heavy (non-hydrogen) atoms. The van der Waals surface area contributed by atoms with E-state index in [-0.39, 0.29) is 24.7 Å². The number of carbonyl (C=O) groups excluding carboxylic acids is 2. The second kappa shape index (κ2) is 8.99. The van der Waals surface area contributed by atoms with Gasteiger partial charge in [-0.05, 0) is 49.6 Å². The van der Waals surface area contributed by atoms with Gasteiger partial charge in [-0.2, -0.15) is 0 Å². The Hall–Kier alpha value is -2.71. The number of furan rings is 1. The number of ether oxygens (including phenoxy) is 1. The predicted octanol–water partition coefficient (Wildman–Crippen LogP) is 4.33. The van der Waals surface area contributed by atoms with Crippen molar-refractivity contribution in [3.8, 4) is 0 Å². The first-order chi connectivity index (χ1) is 13.5. The third-order valence-electron chi connectivity index (χ3n) is 3.82. The maximum Gasteiger partial charge on any atom is 0.358 e. The molecule has 0 atom stereocenters. The van der Waals surface area contributed by atoms with Crippen LogP contribution in [-0.2, 0) is 11.3 Å². The van der Waals surface area contributed by atoms with E-state index >= 15 is 0 Å². The summed E-state index contributed by atoms with van der Waals surface area (Å²) in [6, 6.07) is 9.98. The number of imidazole rings is 1. The molecule has 146 valence electrons. The molecule has 3 aromatic rings. The standard InChI is InChI=1S/C19H18ClN3O4S/c1-3-26-18(25)15-16(21-17(24)12-6-8-13(20)9-7-12)22-19(28-2)23(15)11-14-5-4-10-27-14/h4-10H,3,11H2,1-2H3,(H,21,24). The van der Waals surface area contributed by atoms with E-state index in [2.05, 4.69) is 10.3 Å². The summed E-state index contributed by atoms with van der Waals surface area (Å²) in [5.74, 6) is -0.200. The highest BCUT2D eigenvalue weighted by Gasteiger charge is 2.26. The van der Waals surface area contributed by atoms with Gasteiger partial charge in [0.05, 0.1) is 19.4 Å². The predicted molar refractivity (Wildman–Crippen MR) is 107 cm³/mol. The topological polar surface area (TPSA) is 86.4 Å². The molecule has 7 nitrogen and oxygen atoms in total. The number of amides is 1. The van der Waals surface area contributed by atoms with Crippen molar-refractivity contribution < 1.29 is 18.7 Å². The maximum absolute atomic E-state index is 12.6. The second-order valence-corrected chi connectivity index (χ2v) is 6.85. The Balaban J connectivity index is 1.99. The van der Waals surface area contributed by atoms with Crippen LogP contribution in [0.25, 0.3) is 0 Å². The van der Waals surface area contributed by atoms with Crippen LogP contribution < -0.4 is 5.32 Å². The van der Waals surface area contributed by atoms with Gasteiger partial charge in [0.1, 0.15) is 5.76 Å². The molecule has 0 unspecified atom stereocenters. The average molecular weight is 420 g/mol. The molecule has 0 saturated carbocycles. The van der Waals surface area contributed by atoms with Crippen LogP contribution in [0, 0.1) is 0 Å². The molecule has 1 aromatic carbocycles. The summed E-state index contributed by atoms with van der Waals surface area (Å²) in [6.45, 7) is 2.19. The molecule has 0 aliphatic rings. The van der Waals surface area contributed by atoms with Crippen LogP contribution in [0.5, 0.6) is 0 Å². The van der Waals surface area contributed by atoms with Gasteiger partial charge in [-0.15, -0.1) is 0 Å². The number of nitrogens with one attached hydrogen (secondary N) is 1. The second-order valence-electron chi connectivity index (χ2n) is 5.64. The molecular formula is C19H18ClN3O4S. The number of thioether (sulfide) groups is 1. The molecule has 1 amide bonds. The molecule has 0 spiro atoms. The summed E-state index contributed by atoms with van der Waals surface area (Å²) in [7, 11) is 0. The summed E-state index contributed by atoms with van der Waals surface area (Å²) in [4.78, 5) is 29.6. The van der Waals surface area contributed by atoms with E-state index < -0.39 is 11.9 Å². The highest BCUT2D eigenvalue weighted by Crippen LogP contribution is 2.26. The van der Waals surface area contributed by atoms with Gasteiger partial charge in [-0.1, -0.05) is 23.4 Å². The zero-order chi connectivity index (χ0) is 20.1. The monoisotopic (exact) mass is 419 g/mol. The molecule has 0 fully saturated rings. The maximum atomic E-state index is 12.6. The third-order valence-corrected chi connectivity index (χ3v) is 4.75. The Bertz CT molecular complexity index is 968. The smallest absolute Gasteiger partial charge is 0.358 e. The van der Waals surface area contributed by atoms with Crippen molar-refractivity contribution in [2.75, 3.05) is 18.2 Å². The summed E-state index contributed by atoms with van der Waals surface area (Å²) in [5.41, 5.74) is 0.551. The van der Waals surface area contributed by atoms with Crippen molar-refractivity contribution in [3.05, 3.63) is 64.7 Å². The molecule has 0 aliphatic heterocycles. The molecule has 0 aliphatic carbocycles. The highest BCUT2D eigenvalue weighted by molar-refractivity contribution is 7.98. The van der Waals surface area contributed by atoms with Crippen LogP contribution >= 0.6 is 23.4 Å². The summed E-state index contributed by atoms with van der Waals surface area (Å²) >= 11 is 7.21. The Morgan fingerprint density at radius 1 is 1.29 bits per heavy atom. The number of benzene rings is 1. The fourth-order valence-electron chi connectivity index (χ4n) is 2.57. The summed E-state index contributed by atoms with van der Waals surface area (Å²) in [6.07, 6.45) is 3.39. The van der Waals surface area contributed by atoms with E-state index in [1.165, 1.54) is 11.8 Å². The van der Waals surface area contributed by atoms with Crippen LogP contribution in [0.2, 0.25) is 5.02 Å². The summed E-state index contributed by atoms with van der Waals surface area (Å²) < 4.78 is 12.2. The highest BCUT2D eigenvalue weighted by atomic mass is 35.5. The van der Waals surface area contributed by atoms with Gasteiger partial charge in [0.25, 0.3) is 5.91 Å². The Morgan fingerprint density at radius 3 is 2.64 bits per heavy atom. The van der Waals surface area contributed by atoms with E-state index in [1.807, 2.05) is 6.26 Å². The number of anilines is 1. The lowest BCUT2D eigenvalue weighted by molar-refractivity contribution is 0.0514. The molecule has 0 saturated heterocycles. The zero-order valence-corrected chi connectivity index (χ0v) is 16.8. The van der Waals surface area contributed by atoms with E-state index in [9.17, 15) is 9.59 Å². The van der Waals surface area contributed by atoms with E-state index in [0.29, 0.717) is 21.5 Å². The van der Waals surface area contributed by atoms with Crippen molar-refractivity contribution >= 4 is 41.1 Å². The van der Waals surface area contributed by atoms with Crippen LogP contribution in [0.3, 0.4) is 0 Å². The number of halogens is 1. The lowest BCUT2D eigenvalue weighted by atomic mass is 10.2. The number of rotatable bonds is 7. The van der Waals surface area contributed by atoms with E-state index in [0.717, 1.165) is 0 Å². The van der Waals surface area contributed by atoms with Crippen molar-refractivity contribution in [1.82, 2.24) is 9.55 Å². The van der Waals surface area contributed by atoms with Crippen molar-refractivity contribution in [2.45, 2.75) is 18.6 Å². The molecular weight excluding hydrogens is 402 g/mol. The van der Waals surface area contributed by atoms with Gasteiger partial charge >= 0.3 is 5.97 Å². The van der Waals surface area contributed by atoms with Crippen LogP contribution in [0.15, 0.2) is 52.2 Å². The van der Waals surface area contributed by atoms with Crippen LogP contribution in [-0.4, -0.2) is 34.3 Å². The minimum Gasteiger partial charge on any atom is -0.467 e. The molecule has 3 rings (SSSR count). The third kappa shape index (κ3) is 4.40. The number of hydrogen-bond acceptors (Lipinski definition) is 6. The fraction of sp³-hybridized carbons (Fsp3) is 0.211. The number of nitrogens with zero attached hydrogens (tertiary/aromatic N) is 2. The largest absolute Gasteiger partial charge is 0.467 e. The number of aromatic nitrogens is 2. The first kappa shape index (κ1) is 20.0. The van der Waals surface area contributed by atoms with Crippen LogP contribution in [0.1, 0.15) is 33.5 Å². The number of hydrogen-bond donors (Lipinski definition) is 1. The first-order valence-electron chi connectivity index (χ1n) is 8.44. The van der Waals surface area contributed by atoms with E-state index in [1.54, 1.807) is 54.2 Å². The van der Waals surface area contributed by atoms with Crippen molar-refractivity contribution in [1.29, 1.82) is 0 Å². The zero-order valence-electron chi connectivity index (χ0n) is 15.3. The average Bonchev–Trinajstić information content (AvgIpc) is 3.30.